The topological polar surface area (TPSA) is 70.1 Å². The monoisotopic (exact) mass is 323 g/mol. The number of carbonyl (C=O) groups is 1. The molecule has 0 aliphatic rings. The van der Waals surface area contributed by atoms with Crippen molar-refractivity contribution >= 4 is 27.7 Å². The quantitative estimate of drug-likeness (QED) is 0.881. The molecule has 0 spiro atoms. The van der Waals surface area contributed by atoms with Gasteiger partial charge in [0.05, 0.1) is 7.11 Å². The van der Waals surface area contributed by atoms with Gasteiger partial charge in [0.15, 0.2) is 5.69 Å². The number of nitrogens with zero attached hydrogens (tertiary/aromatic N) is 2. The first-order valence-electron chi connectivity index (χ1n) is 5.79. The lowest BCUT2D eigenvalue weighted by atomic mass is 10.3. The molecule has 0 fully saturated rings. The van der Waals surface area contributed by atoms with Gasteiger partial charge in [-0.25, -0.2) is 9.78 Å². The Morgan fingerprint density at radius 1 is 1.53 bits per heavy atom. The van der Waals surface area contributed by atoms with Crippen molar-refractivity contribution in [3.63, 3.8) is 0 Å². The number of nitrogen functional groups attached to an aromatic ring is 1. The van der Waals surface area contributed by atoms with Crippen LogP contribution in [0.15, 0.2) is 28.7 Å². The molecule has 1 aromatic heterocycles. The molecule has 100 valence electrons. The Bertz CT molecular complexity index is 622. The maximum atomic E-state index is 11.6. The fourth-order valence-corrected chi connectivity index (χ4v) is 2.26. The fourth-order valence-electron chi connectivity index (χ4n) is 1.87. The SMILES string of the molecule is CCc1nc(C(=O)OC)c(N)n1-c1cccc(Br)c1. The number of imidazole rings is 1. The van der Waals surface area contributed by atoms with Gasteiger partial charge in [-0.05, 0) is 18.2 Å². The van der Waals surface area contributed by atoms with E-state index in [0.717, 1.165) is 16.0 Å². The number of methoxy groups -OCH3 is 1. The smallest absolute Gasteiger partial charge is 0.360 e. The van der Waals surface area contributed by atoms with Crippen molar-refractivity contribution in [2.24, 2.45) is 0 Å². The van der Waals surface area contributed by atoms with Crippen LogP contribution in [0.2, 0.25) is 0 Å². The van der Waals surface area contributed by atoms with Crippen molar-refractivity contribution in [2.45, 2.75) is 13.3 Å². The minimum absolute atomic E-state index is 0.152. The lowest BCUT2D eigenvalue weighted by molar-refractivity contribution is 0.0596. The summed E-state index contributed by atoms with van der Waals surface area (Å²) in [4.78, 5) is 15.9. The predicted octanol–water partition coefficient (Wildman–Crippen LogP) is 2.57. The summed E-state index contributed by atoms with van der Waals surface area (Å²) < 4.78 is 7.38. The summed E-state index contributed by atoms with van der Waals surface area (Å²) in [6.45, 7) is 1.96. The zero-order valence-electron chi connectivity index (χ0n) is 10.7. The zero-order valence-corrected chi connectivity index (χ0v) is 12.3. The second-order valence-electron chi connectivity index (χ2n) is 3.92. The summed E-state index contributed by atoms with van der Waals surface area (Å²) in [7, 11) is 1.31. The van der Waals surface area contributed by atoms with E-state index in [4.69, 9.17) is 5.73 Å². The Kier molecular flexibility index (Phi) is 3.90. The number of halogens is 1. The molecule has 1 heterocycles. The van der Waals surface area contributed by atoms with Crippen molar-refractivity contribution < 1.29 is 9.53 Å². The number of benzene rings is 1. The number of anilines is 1. The molecule has 0 bridgehead atoms. The van der Waals surface area contributed by atoms with E-state index < -0.39 is 5.97 Å². The number of hydrogen-bond acceptors (Lipinski definition) is 4. The number of rotatable bonds is 3. The molecular weight excluding hydrogens is 310 g/mol. The highest BCUT2D eigenvalue weighted by Gasteiger charge is 2.21. The third-order valence-electron chi connectivity index (χ3n) is 2.74. The lowest BCUT2D eigenvalue weighted by Gasteiger charge is -2.09. The van der Waals surface area contributed by atoms with Gasteiger partial charge >= 0.3 is 5.97 Å². The summed E-state index contributed by atoms with van der Waals surface area (Å²) in [6.07, 6.45) is 0.660. The van der Waals surface area contributed by atoms with Gasteiger partial charge in [0, 0.05) is 16.6 Å². The summed E-state index contributed by atoms with van der Waals surface area (Å²) in [5, 5.41) is 0. The molecule has 2 aromatic rings. The lowest BCUT2D eigenvalue weighted by Crippen LogP contribution is -2.08. The Morgan fingerprint density at radius 2 is 2.26 bits per heavy atom. The first-order valence-corrected chi connectivity index (χ1v) is 6.59. The van der Waals surface area contributed by atoms with Crippen LogP contribution in [0.5, 0.6) is 0 Å². The Hall–Kier alpha value is -1.82. The molecule has 5 nitrogen and oxygen atoms in total. The van der Waals surface area contributed by atoms with E-state index in [-0.39, 0.29) is 5.69 Å². The molecule has 0 amide bonds. The molecule has 2 rings (SSSR count). The zero-order chi connectivity index (χ0) is 14.0. The van der Waals surface area contributed by atoms with E-state index in [1.54, 1.807) is 4.57 Å². The maximum Gasteiger partial charge on any atom is 0.360 e. The second kappa shape index (κ2) is 5.44. The molecule has 6 heteroatoms. The summed E-state index contributed by atoms with van der Waals surface area (Å²) in [6, 6.07) is 7.64. The first-order chi connectivity index (χ1) is 9.08. The molecule has 0 unspecified atom stereocenters. The molecule has 0 aliphatic carbocycles. The number of ether oxygens (including phenoxy) is 1. The number of nitrogens with two attached hydrogens (primary N) is 1. The van der Waals surface area contributed by atoms with Crippen LogP contribution in [-0.2, 0) is 11.2 Å². The van der Waals surface area contributed by atoms with E-state index >= 15 is 0 Å². The van der Waals surface area contributed by atoms with Gasteiger partial charge in [-0.2, -0.15) is 0 Å². The Balaban J connectivity index is 2.62. The number of carbonyl (C=O) groups excluding carboxylic acids is 1. The van der Waals surface area contributed by atoms with Crippen LogP contribution in [0.3, 0.4) is 0 Å². The van der Waals surface area contributed by atoms with Crippen LogP contribution >= 0.6 is 15.9 Å². The van der Waals surface area contributed by atoms with Gasteiger partial charge < -0.3 is 10.5 Å². The summed E-state index contributed by atoms with van der Waals surface area (Å²) >= 11 is 3.41. The van der Waals surface area contributed by atoms with Crippen LogP contribution < -0.4 is 5.73 Å². The van der Waals surface area contributed by atoms with E-state index in [1.807, 2.05) is 31.2 Å². The predicted molar refractivity (Wildman–Crippen MR) is 76.4 cm³/mol. The minimum atomic E-state index is -0.527. The third kappa shape index (κ3) is 2.49. The van der Waals surface area contributed by atoms with Crippen molar-refractivity contribution in [3.05, 3.63) is 40.3 Å². The van der Waals surface area contributed by atoms with E-state index in [0.29, 0.717) is 12.2 Å². The van der Waals surface area contributed by atoms with Crippen LogP contribution in [-0.4, -0.2) is 22.6 Å². The van der Waals surface area contributed by atoms with Gasteiger partial charge in [-0.1, -0.05) is 28.9 Å². The van der Waals surface area contributed by atoms with Crippen LogP contribution in [0, 0.1) is 0 Å². The molecular formula is C13H14BrN3O2. The van der Waals surface area contributed by atoms with Gasteiger partial charge in [0.1, 0.15) is 11.6 Å². The van der Waals surface area contributed by atoms with Gasteiger partial charge in [0.25, 0.3) is 0 Å². The van der Waals surface area contributed by atoms with E-state index in [1.165, 1.54) is 7.11 Å². The van der Waals surface area contributed by atoms with Crippen molar-refractivity contribution in [2.75, 3.05) is 12.8 Å². The largest absolute Gasteiger partial charge is 0.464 e. The minimum Gasteiger partial charge on any atom is -0.464 e. The Labute approximate surface area is 119 Å². The third-order valence-corrected chi connectivity index (χ3v) is 3.24. The summed E-state index contributed by atoms with van der Waals surface area (Å²) in [5.41, 5.74) is 7.03. The number of aryl methyl sites for hydroxylation is 1. The fraction of sp³-hybridized carbons (Fsp3) is 0.231. The number of esters is 1. The highest BCUT2D eigenvalue weighted by Crippen LogP contribution is 2.24. The molecule has 2 N–H and O–H groups in total. The molecule has 0 saturated carbocycles. The van der Waals surface area contributed by atoms with Crippen molar-refractivity contribution in [1.29, 1.82) is 0 Å². The van der Waals surface area contributed by atoms with Crippen LogP contribution in [0.1, 0.15) is 23.2 Å². The van der Waals surface area contributed by atoms with Gasteiger partial charge in [-0.15, -0.1) is 0 Å². The van der Waals surface area contributed by atoms with Crippen LogP contribution in [0.4, 0.5) is 5.82 Å². The van der Waals surface area contributed by atoms with Gasteiger partial charge in [-0.3, -0.25) is 4.57 Å². The average Bonchev–Trinajstić information content (AvgIpc) is 2.74. The number of aromatic nitrogens is 2. The van der Waals surface area contributed by atoms with Gasteiger partial charge in [0.2, 0.25) is 0 Å². The molecule has 1 aromatic carbocycles. The van der Waals surface area contributed by atoms with Crippen molar-refractivity contribution in [1.82, 2.24) is 9.55 Å². The highest BCUT2D eigenvalue weighted by atomic mass is 79.9. The van der Waals surface area contributed by atoms with E-state index in [2.05, 4.69) is 25.7 Å². The summed E-state index contributed by atoms with van der Waals surface area (Å²) in [5.74, 6) is 0.485. The first kappa shape index (κ1) is 13.6. The Morgan fingerprint density at radius 3 is 2.84 bits per heavy atom. The molecule has 0 aliphatic heterocycles. The normalized spacial score (nSPS) is 10.5. The van der Waals surface area contributed by atoms with Crippen LogP contribution in [0.25, 0.3) is 5.69 Å². The molecule has 19 heavy (non-hydrogen) atoms. The standard InChI is InChI=1S/C13H14BrN3O2/c1-3-10-16-11(13(18)19-2)12(15)17(10)9-6-4-5-8(14)7-9/h4-7H,3,15H2,1-2H3. The molecule has 0 radical (unpaired) electrons. The molecule has 0 atom stereocenters. The van der Waals surface area contributed by atoms with Crippen molar-refractivity contribution in [3.8, 4) is 5.69 Å². The molecule has 0 saturated heterocycles. The number of hydrogen-bond donors (Lipinski definition) is 1. The van der Waals surface area contributed by atoms with E-state index in [9.17, 15) is 4.79 Å². The second-order valence-corrected chi connectivity index (χ2v) is 4.84. The average molecular weight is 324 g/mol. The maximum absolute atomic E-state index is 11.6. The highest BCUT2D eigenvalue weighted by molar-refractivity contribution is 9.10.